The van der Waals surface area contributed by atoms with Gasteiger partial charge in [-0.2, -0.15) is 13.2 Å². The molecule has 1 atom stereocenters. The standard InChI is InChI=1S/C16H22F3N3O/c1-21(11-15(23)20-12-16(17,18)19)14-8-5-9-22(10-14)13-6-3-2-4-7-13/h2-4,6-7,14H,5,8-12H2,1H3,(H,20,23)/t14-/m1/s1. The van der Waals surface area contributed by atoms with Crippen LogP contribution in [-0.4, -0.2) is 56.3 Å². The summed E-state index contributed by atoms with van der Waals surface area (Å²) in [5, 5.41) is 1.92. The third kappa shape index (κ3) is 5.74. The van der Waals surface area contributed by atoms with Gasteiger partial charge in [0.2, 0.25) is 5.91 Å². The van der Waals surface area contributed by atoms with Gasteiger partial charge < -0.3 is 10.2 Å². The lowest BCUT2D eigenvalue weighted by Crippen LogP contribution is -2.50. The number of carbonyl (C=O) groups excluding carboxylic acids is 1. The third-order valence-electron chi connectivity index (χ3n) is 4.02. The van der Waals surface area contributed by atoms with Crippen LogP contribution >= 0.6 is 0 Å². The molecule has 1 aliphatic heterocycles. The molecule has 23 heavy (non-hydrogen) atoms. The first-order valence-corrected chi connectivity index (χ1v) is 7.69. The lowest BCUT2D eigenvalue weighted by molar-refractivity contribution is -0.139. The number of anilines is 1. The fourth-order valence-corrected chi connectivity index (χ4v) is 2.80. The van der Waals surface area contributed by atoms with Gasteiger partial charge in [0.15, 0.2) is 0 Å². The minimum atomic E-state index is -4.37. The largest absolute Gasteiger partial charge is 0.405 e. The Morgan fingerprint density at radius 3 is 2.70 bits per heavy atom. The van der Waals surface area contributed by atoms with Gasteiger partial charge in [-0.05, 0) is 32.0 Å². The van der Waals surface area contributed by atoms with E-state index in [1.807, 2.05) is 40.5 Å². The summed E-state index contributed by atoms with van der Waals surface area (Å²) >= 11 is 0. The summed E-state index contributed by atoms with van der Waals surface area (Å²) in [5.41, 5.74) is 1.13. The first-order chi connectivity index (χ1) is 10.8. The number of para-hydroxylation sites is 1. The van der Waals surface area contributed by atoms with Crippen molar-refractivity contribution in [1.29, 1.82) is 0 Å². The number of rotatable bonds is 5. The maximum atomic E-state index is 12.1. The van der Waals surface area contributed by atoms with E-state index in [0.717, 1.165) is 31.6 Å². The molecule has 1 fully saturated rings. The number of carbonyl (C=O) groups is 1. The van der Waals surface area contributed by atoms with Gasteiger partial charge in [0.25, 0.3) is 0 Å². The number of halogens is 3. The summed E-state index contributed by atoms with van der Waals surface area (Å²) in [6.07, 6.45) is -2.44. The van der Waals surface area contributed by atoms with Gasteiger partial charge in [-0.1, -0.05) is 18.2 Å². The molecule has 1 N–H and O–H groups in total. The second-order valence-electron chi connectivity index (χ2n) is 5.88. The van der Waals surface area contributed by atoms with Gasteiger partial charge in [0.1, 0.15) is 6.54 Å². The maximum absolute atomic E-state index is 12.1. The zero-order chi connectivity index (χ0) is 16.9. The molecule has 0 aliphatic carbocycles. The zero-order valence-corrected chi connectivity index (χ0v) is 13.1. The van der Waals surface area contributed by atoms with E-state index in [2.05, 4.69) is 4.90 Å². The molecule has 0 unspecified atom stereocenters. The monoisotopic (exact) mass is 329 g/mol. The lowest BCUT2D eigenvalue weighted by atomic mass is 10.0. The maximum Gasteiger partial charge on any atom is 0.405 e. The second kappa shape index (κ2) is 7.68. The molecule has 1 aliphatic rings. The van der Waals surface area contributed by atoms with Gasteiger partial charge >= 0.3 is 6.18 Å². The molecule has 1 aromatic rings. The van der Waals surface area contributed by atoms with Crippen molar-refractivity contribution in [2.45, 2.75) is 25.1 Å². The van der Waals surface area contributed by atoms with Crippen LogP contribution in [-0.2, 0) is 4.79 Å². The predicted octanol–water partition coefficient (Wildman–Crippen LogP) is 2.27. The average Bonchev–Trinajstić information content (AvgIpc) is 2.53. The highest BCUT2D eigenvalue weighted by Crippen LogP contribution is 2.21. The van der Waals surface area contributed by atoms with Crippen LogP contribution in [0, 0.1) is 0 Å². The molecule has 2 rings (SSSR count). The molecule has 4 nitrogen and oxygen atoms in total. The Morgan fingerprint density at radius 1 is 1.35 bits per heavy atom. The number of hydrogen-bond donors (Lipinski definition) is 1. The molecule has 1 heterocycles. The number of hydrogen-bond acceptors (Lipinski definition) is 3. The van der Waals surface area contributed by atoms with Gasteiger partial charge in [0, 0.05) is 24.8 Å². The van der Waals surface area contributed by atoms with E-state index in [9.17, 15) is 18.0 Å². The Labute approximate surface area is 134 Å². The van der Waals surface area contributed by atoms with Crippen molar-refractivity contribution in [2.75, 3.05) is 38.1 Å². The molecular formula is C16H22F3N3O. The average molecular weight is 329 g/mol. The molecule has 0 saturated carbocycles. The number of nitrogens with one attached hydrogen (secondary N) is 1. The van der Waals surface area contributed by atoms with Crippen molar-refractivity contribution < 1.29 is 18.0 Å². The first-order valence-electron chi connectivity index (χ1n) is 7.69. The number of nitrogens with zero attached hydrogens (tertiary/aromatic N) is 2. The number of alkyl halides is 3. The van der Waals surface area contributed by atoms with Crippen LogP contribution in [0.2, 0.25) is 0 Å². The van der Waals surface area contributed by atoms with Crippen LogP contribution in [0.4, 0.5) is 18.9 Å². The van der Waals surface area contributed by atoms with Crippen molar-refractivity contribution in [3.8, 4) is 0 Å². The van der Waals surface area contributed by atoms with E-state index in [0.29, 0.717) is 0 Å². The number of benzene rings is 1. The van der Waals surface area contributed by atoms with E-state index in [1.54, 1.807) is 7.05 Å². The lowest BCUT2D eigenvalue weighted by Gasteiger charge is -2.38. The van der Waals surface area contributed by atoms with Crippen LogP contribution in [0.15, 0.2) is 30.3 Å². The Kier molecular flexibility index (Phi) is 5.87. The summed E-state index contributed by atoms with van der Waals surface area (Å²) in [7, 11) is 1.78. The van der Waals surface area contributed by atoms with Crippen molar-refractivity contribution in [3.63, 3.8) is 0 Å². The summed E-state index contributed by atoms with van der Waals surface area (Å²) < 4.78 is 36.3. The van der Waals surface area contributed by atoms with Gasteiger partial charge in [-0.25, -0.2) is 0 Å². The highest BCUT2D eigenvalue weighted by Gasteiger charge is 2.29. The van der Waals surface area contributed by atoms with Gasteiger partial charge in [-0.15, -0.1) is 0 Å². The van der Waals surface area contributed by atoms with Crippen molar-refractivity contribution in [2.24, 2.45) is 0 Å². The molecule has 0 aromatic heterocycles. The van der Waals surface area contributed by atoms with E-state index < -0.39 is 18.6 Å². The topological polar surface area (TPSA) is 35.6 Å². The summed E-state index contributed by atoms with van der Waals surface area (Å²) in [5.74, 6) is -0.596. The molecule has 0 spiro atoms. The SMILES string of the molecule is CN(CC(=O)NCC(F)(F)F)[C@@H]1CCCN(c2ccccc2)C1. The molecule has 1 saturated heterocycles. The van der Waals surface area contributed by atoms with Gasteiger partial charge in [0.05, 0.1) is 6.54 Å². The minimum absolute atomic E-state index is 0.0244. The smallest absolute Gasteiger partial charge is 0.370 e. The first kappa shape index (κ1) is 17.6. The number of amides is 1. The third-order valence-corrected chi connectivity index (χ3v) is 4.02. The minimum Gasteiger partial charge on any atom is -0.370 e. The Morgan fingerprint density at radius 2 is 2.04 bits per heavy atom. The summed E-state index contributed by atoms with van der Waals surface area (Å²) in [4.78, 5) is 15.7. The van der Waals surface area contributed by atoms with E-state index in [1.165, 1.54) is 0 Å². The molecular weight excluding hydrogens is 307 g/mol. The van der Waals surface area contributed by atoms with Crippen molar-refractivity contribution in [1.82, 2.24) is 10.2 Å². The van der Waals surface area contributed by atoms with Crippen LogP contribution in [0.1, 0.15) is 12.8 Å². The molecule has 128 valence electrons. The summed E-state index contributed by atoms with van der Waals surface area (Å²) in [6.45, 7) is 0.422. The number of piperidine rings is 1. The zero-order valence-electron chi connectivity index (χ0n) is 13.1. The van der Waals surface area contributed by atoms with Gasteiger partial charge in [-0.3, -0.25) is 9.69 Å². The molecule has 0 bridgehead atoms. The highest BCUT2D eigenvalue weighted by molar-refractivity contribution is 5.78. The quantitative estimate of drug-likeness (QED) is 0.900. The normalized spacial score (nSPS) is 19.0. The summed E-state index contributed by atoms with van der Waals surface area (Å²) in [6, 6.07) is 10.2. The van der Waals surface area contributed by atoms with E-state index in [-0.39, 0.29) is 12.6 Å². The van der Waals surface area contributed by atoms with E-state index >= 15 is 0 Å². The van der Waals surface area contributed by atoms with Crippen LogP contribution < -0.4 is 10.2 Å². The fourth-order valence-electron chi connectivity index (χ4n) is 2.80. The number of likely N-dealkylation sites (N-methyl/N-ethyl adjacent to an activating group) is 1. The Balaban J connectivity index is 1.84. The van der Waals surface area contributed by atoms with E-state index in [4.69, 9.17) is 0 Å². The van der Waals surface area contributed by atoms with Crippen molar-refractivity contribution >= 4 is 11.6 Å². The molecule has 1 aromatic carbocycles. The van der Waals surface area contributed by atoms with Crippen LogP contribution in [0.5, 0.6) is 0 Å². The Bertz CT molecular complexity index is 507. The highest BCUT2D eigenvalue weighted by atomic mass is 19.4. The molecule has 1 amide bonds. The van der Waals surface area contributed by atoms with Crippen LogP contribution in [0.3, 0.4) is 0 Å². The van der Waals surface area contributed by atoms with Crippen LogP contribution in [0.25, 0.3) is 0 Å². The fraction of sp³-hybridized carbons (Fsp3) is 0.562. The molecule has 0 radical (unpaired) electrons. The van der Waals surface area contributed by atoms with Crippen molar-refractivity contribution in [3.05, 3.63) is 30.3 Å². The predicted molar refractivity (Wildman–Crippen MR) is 83.4 cm³/mol. The Hall–Kier alpha value is -1.76. The second-order valence-corrected chi connectivity index (χ2v) is 5.88. The molecule has 7 heteroatoms.